The van der Waals surface area contributed by atoms with Gasteiger partial charge in [-0.15, -0.1) is 0 Å². The van der Waals surface area contributed by atoms with E-state index >= 15 is 0 Å². The summed E-state index contributed by atoms with van der Waals surface area (Å²) in [4.78, 5) is 19.3. The molecule has 3 aromatic heterocycles. The molecule has 0 saturated heterocycles. The second-order valence-electron chi connectivity index (χ2n) is 11.5. The quantitative estimate of drug-likeness (QED) is 0.155. The summed E-state index contributed by atoms with van der Waals surface area (Å²) < 4.78 is 6.57. The van der Waals surface area contributed by atoms with Crippen LogP contribution in [0.2, 0.25) is 0 Å². The summed E-state index contributed by atoms with van der Waals surface area (Å²) in [5.74, 6) is 1.92. The molecule has 3 heterocycles. The topological polar surface area (TPSA) is 64.7 Å². The molecule has 0 aliphatic carbocycles. The molecule has 0 bridgehead atoms. The van der Waals surface area contributed by atoms with Crippen LogP contribution in [0, 0.1) is 0 Å². The number of pyridine rings is 1. The van der Waals surface area contributed by atoms with Crippen molar-refractivity contribution >= 4 is 54.4 Å². The number of nitrogens with zero attached hydrogens (tertiary/aromatic N) is 4. The summed E-state index contributed by atoms with van der Waals surface area (Å²) in [7, 11) is 0. The molecule has 7 aromatic carbocycles. The van der Waals surface area contributed by atoms with E-state index in [0.29, 0.717) is 23.2 Å². The van der Waals surface area contributed by atoms with Crippen molar-refractivity contribution in [3.8, 4) is 45.3 Å². The maximum Gasteiger partial charge on any atom is 0.227 e. The van der Waals surface area contributed by atoms with Crippen molar-refractivity contribution < 1.29 is 4.42 Å². The first kappa shape index (κ1) is 24.3. The van der Waals surface area contributed by atoms with Crippen LogP contribution >= 0.6 is 0 Å². The maximum atomic E-state index is 6.57. The molecule has 208 valence electrons. The first-order valence-electron chi connectivity index (χ1n) is 15.0. The normalized spacial score (nSPS) is 12.0. The number of fused-ring (bicyclic) bond motifs is 1. The van der Waals surface area contributed by atoms with Crippen molar-refractivity contribution in [1.82, 2.24) is 19.9 Å². The van der Waals surface area contributed by atoms with Gasteiger partial charge in [0, 0.05) is 39.2 Å². The molecule has 0 amide bonds. The van der Waals surface area contributed by atoms with Crippen LogP contribution < -0.4 is 0 Å². The summed E-state index contributed by atoms with van der Waals surface area (Å²) in [6.45, 7) is 0. The number of rotatable bonds is 4. The Kier molecular flexibility index (Phi) is 4.93. The van der Waals surface area contributed by atoms with Crippen LogP contribution in [0.1, 0.15) is 0 Å². The summed E-state index contributed by atoms with van der Waals surface area (Å²) in [5, 5.41) is 9.59. The SMILES string of the molecule is c1ccc(-c2nc(-c3ccccc3)nc(-c3ccc(-c4cc5ccc6cccc7c8ccnc9oc4c(c98)c5c67)cc3)n2)cc1. The lowest BCUT2D eigenvalue weighted by Gasteiger charge is -2.14. The van der Waals surface area contributed by atoms with Gasteiger partial charge in [-0.2, -0.15) is 0 Å². The van der Waals surface area contributed by atoms with E-state index in [4.69, 9.17) is 19.4 Å². The van der Waals surface area contributed by atoms with Crippen LogP contribution in [-0.2, 0) is 0 Å². The summed E-state index contributed by atoms with van der Waals surface area (Å²) >= 11 is 0. The van der Waals surface area contributed by atoms with E-state index in [1.54, 1.807) is 0 Å². The lowest BCUT2D eigenvalue weighted by Crippen LogP contribution is -2.00. The van der Waals surface area contributed by atoms with Crippen molar-refractivity contribution in [3.05, 3.63) is 134 Å². The fourth-order valence-electron chi connectivity index (χ4n) is 6.86. The number of furan rings is 1. The lowest BCUT2D eigenvalue weighted by atomic mass is 9.88. The molecule has 0 aliphatic heterocycles. The van der Waals surface area contributed by atoms with Crippen LogP contribution in [0.4, 0.5) is 0 Å². The molecule has 0 atom stereocenters. The van der Waals surface area contributed by atoms with Gasteiger partial charge in [-0.3, -0.25) is 0 Å². The fraction of sp³-hybridized carbons (Fsp3) is 0. The number of aromatic nitrogens is 4. The second-order valence-corrected chi connectivity index (χ2v) is 11.5. The minimum Gasteiger partial charge on any atom is -0.437 e. The number of benzene rings is 7. The molecule has 0 fully saturated rings. The molecule has 5 nitrogen and oxygen atoms in total. The van der Waals surface area contributed by atoms with Crippen molar-refractivity contribution in [1.29, 1.82) is 0 Å². The predicted octanol–water partition coefficient (Wildman–Crippen LogP) is 10.2. The van der Waals surface area contributed by atoms with Gasteiger partial charge in [-0.1, -0.05) is 115 Å². The van der Waals surface area contributed by atoms with E-state index < -0.39 is 0 Å². The van der Waals surface area contributed by atoms with Gasteiger partial charge in [0.1, 0.15) is 5.58 Å². The Morgan fingerprint density at radius 3 is 1.71 bits per heavy atom. The molecule has 0 saturated carbocycles. The summed E-state index contributed by atoms with van der Waals surface area (Å²) in [6.07, 6.45) is 1.85. The highest BCUT2D eigenvalue weighted by molar-refractivity contribution is 6.40. The van der Waals surface area contributed by atoms with Crippen LogP contribution in [-0.4, -0.2) is 19.9 Å². The molecular formula is C40H22N4O. The van der Waals surface area contributed by atoms with Crippen molar-refractivity contribution in [3.63, 3.8) is 0 Å². The molecule has 45 heavy (non-hydrogen) atoms. The van der Waals surface area contributed by atoms with Gasteiger partial charge in [0.15, 0.2) is 17.5 Å². The monoisotopic (exact) mass is 574 g/mol. The molecule has 10 aromatic rings. The summed E-state index contributed by atoms with van der Waals surface area (Å²) in [6, 6.07) is 43.8. The molecule has 5 heteroatoms. The Morgan fingerprint density at radius 1 is 0.422 bits per heavy atom. The van der Waals surface area contributed by atoms with Crippen molar-refractivity contribution in [2.75, 3.05) is 0 Å². The van der Waals surface area contributed by atoms with Gasteiger partial charge < -0.3 is 4.42 Å². The average Bonchev–Trinajstić information content (AvgIpc) is 3.52. The van der Waals surface area contributed by atoms with Crippen LogP contribution in [0.25, 0.3) is 99.7 Å². The molecule has 0 radical (unpaired) electrons. The first-order chi connectivity index (χ1) is 22.3. The van der Waals surface area contributed by atoms with Gasteiger partial charge in [-0.25, -0.2) is 19.9 Å². The molecule has 10 rings (SSSR count). The Hall–Kier alpha value is -6.20. The maximum absolute atomic E-state index is 6.57. The van der Waals surface area contributed by atoms with Crippen LogP contribution in [0.5, 0.6) is 0 Å². The van der Waals surface area contributed by atoms with E-state index in [1.165, 1.54) is 32.3 Å². The van der Waals surface area contributed by atoms with Gasteiger partial charge >= 0.3 is 0 Å². The fourth-order valence-corrected chi connectivity index (χ4v) is 6.86. The molecular weight excluding hydrogens is 552 g/mol. The highest BCUT2D eigenvalue weighted by Crippen LogP contribution is 2.48. The van der Waals surface area contributed by atoms with Crippen LogP contribution in [0.15, 0.2) is 138 Å². The minimum absolute atomic E-state index is 0.629. The van der Waals surface area contributed by atoms with E-state index in [1.807, 2.05) is 66.9 Å². The predicted molar refractivity (Wildman–Crippen MR) is 182 cm³/mol. The zero-order valence-electron chi connectivity index (χ0n) is 23.9. The van der Waals surface area contributed by atoms with Gasteiger partial charge in [-0.05, 0) is 44.6 Å². The third-order valence-corrected chi connectivity index (χ3v) is 8.91. The molecule has 0 N–H and O–H groups in total. The largest absolute Gasteiger partial charge is 0.437 e. The summed E-state index contributed by atoms with van der Waals surface area (Å²) in [5.41, 5.74) is 6.44. The molecule has 0 aliphatic rings. The van der Waals surface area contributed by atoms with E-state index in [-0.39, 0.29) is 0 Å². The first-order valence-corrected chi connectivity index (χ1v) is 15.0. The smallest absolute Gasteiger partial charge is 0.227 e. The van der Waals surface area contributed by atoms with E-state index in [2.05, 4.69) is 71.7 Å². The van der Waals surface area contributed by atoms with Gasteiger partial charge in [0.2, 0.25) is 5.71 Å². The van der Waals surface area contributed by atoms with Crippen LogP contribution in [0.3, 0.4) is 0 Å². The molecule has 0 unspecified atom stereocenters. The lowest BCUT2D eigenvalue weighted by molar-refractivity contribution is 0.655. The second kappa shape index (κ2) is 9.15. The van der Waals surface area contributed by atoms with Gasteiger partial charge in [0.25, 0.3) is 0 Å². The average molecular weight is 575 g/mol. The highest BCUT2D eigenvalue weighted by Gasteiger charge is 2.23. The Bertz CT molecular complexity index is 2620. The molecule has 0 spiro atoms. The zero-order chi connectivity index (χ0) is 29.5. The standard InChI is InChI=1S/C40H22N4O/c1-3-8-25(9-4-1)37-42-38(26-10-5-2-6-11-26)44-39(43-37)27-17-14-23(15-18-27)31-22-28-19-16-24-12-7-13-29-30-20-21-41-40-34(30)35(36(31)45-40)33(28)32(24)29/h1-22H. The number of hydrogen-bond donors (Lipinski definition) is 0. The van der Waals surface area contributed by atoms with Gasteiger partial charge in [0.05, 0.1) is 5.39 Å². The van der Waals surface area contributed by atoms with Crippen molar-refractivity contribution in [2.24, 2.45) is 0 Å². The van der Waals surface area contributed by atoms with E-state index in [9.17, 15) is 0 Å². The number of hydrogen-bond acceptors (Lipinski definition) is 5. The minimum atomic E-state index is 0.629. The van der Waals surface area contributed by atoms with E-state index in [0.717, 1.165) is 44.2 Å². The Balaban J connectivity index is 1.16. The highest BCUT2D eigenvalue weighted by atomic mass is 16.3. The third kappa shape index (κ3) is 3.55. The third-order valence-electron chi connectivity index (χ3n) is 8.91. The van der Waals surface area contributed by atoms with Crippen molar-refractivity contribution in [2.45, 2.75) is 0 Å². The Labute approximate surface area is 257 Å². The zero-order valence-corrected chi connectivity index (χ0v) is 23.9. The Morgan fingerprint density at radius 2 is 1.02 bits per heavy atom.